The third-order valence-electron chi connectivity index (χ3n) is 6.05. The highest BCUT2D eigenvalue weighted by molar-refractivity contribution is 5.98. The van der Waals surface area contributed by atoms with Gasteiger partial charge in [0.05, 0.1) is 28.2 Å². The van der Waals surface area contributed by atoms with Gasteiger partial charge in [-0.3, -0.25) is 4.79 Å². The predicted octanol–water partition coefficient (Wildman–Crippen LogP) is 4.45. The molecule has 0 amide bonds. The zero-order valence-corrected chi connectivity index (χ0v) is 17.3. The summed E-state index contributed by atoms with van der Waals surface area (Å²) in [6.07, 6.45) is 3.19. The van der Waals surface area contributed by atoms with E-state index in [1.54, 1.807) is 18.2 Å². The van der Waals surface area contributed by atoms with Crippen molar-refractivity contribution < 1.29 is 13.6 Å². The van der Waals surface area contributed by atoms with Gasteiger partial charge in [-0.1, -0.05) is 0 Å². The van der Waals surface area contributed by atoms with Gasteiger partial charge in [-0.2, -0.15) is 5.26 Å². The number of benzene rings is 2. The van der Waals surface area contributed by atoms with E-state index in [9.17, 15) is 18.8 Å². The molecule has 1 aromatic heterocycles. The number of Topliss-reactive ketones (excluding diaryl/α,β-unsaturated/α-hetero) is 1. The van der Waals surface area contributed by atoms with E-state index in [-0.39, 0.29) is 17.3 Å². The van der Waals surface area contributed by atoms with Crippen LogP contribution in [0.4, 0.5) is 20.4 Å². The fourth-order valence-electron chi connectivity index (χ4n) is 4.11. The second kappa shape index (κ2) is 8.15. The van der Waals surface area contributed by atoms with Gasteiger partial charge in [-0.25, -0.2) is 18.7 Å². The minimum Gasteiger partial charge on any atom is -0.364 e. The van der Waals surface area contributed by atoms with Crippen molar-refractivity contribution >= 4 is 28.5 Å². The largest absolute Gasteiger partial charge is 0.364 e. The van der Waals surface area contributed by atoms with Crippen molar-refractivity contribution in [1.82, 2.24) is 9.97 Å². The van der Waals surface area contributed by atoms with Gasteiger partial charge in [0.25, 0.3) is 0 Å². The van der Waals surface area contributed by atoms with Crippen LogP contribution in [-0.4, -0.2) is 34.9 Å². The average Bonchev–Trinajstić information content (AvgIpc) is 3.63. The van der Waals surface area contributed by atoms with Gasteiger partial charge >= 0.3 is 0 Å². The fraction of sp³-hybridized carbons (Fsp3) is 0.333. The van der Waals surface area contributed by atoms with Gasteiger partial charge in [-0.15, -0.1) is 0 Å². The van der Waals surface area contributed by atoms with E-state index in [1.165, 1.54) is 0 Å². The van der Waals surface area contributed by atoms with Crippen LogP contribution < -0.4 is 10.2 Å². The van der Waals surface area contributed by atoms with Gasteiger partial charge in [0.2, 0.25) is 0 Å². The first-order valence-corrected chi connectivity index (χ1v) is 10.7. The summed E-state index contributed by atoms with van der Waals surface area (Å²) in [6, 6.07) is 10.7. The Hall–Kier alpha value is -3.60. The first kappa shape index (κ1) is 20.3. The van der Waals surface area contributed by atoms with Gasteiger partial charge < -0.3 is 10.2 Å². The average molecular weight is 433 g/mol. The number of piperidine rings is 1. The first-order valence-electron chi connectivity index (χ1n) is 10.7. The first-order chi connectivity index (χ1) is 15.5. The maximum atomic E-state index is 14.1. The van der Waals surface area contributed by atoms with Crippen LogP contribution >= 0.6 is 0 Å². The third-order valence-corrected chi connectivity index (χ3v) is 6.05. The highest BCUT2D eigenvalue weighted by atomic mass is 19.1. The minimum atomic E-state index is -0.691. The molecule has 1 saturated heterocycles. The molecule has 0 unspecified atom stereocenters. The molecule has 0 spiro atoms. The van der Waals surface area contributed by atoms with Crippen molar-refractivity contribution in [3.05, 3.63) is 59.2 Å². The highest BCUT2D eigenvalue weighted by Crippen LogP contribution is 2.33. The standard InChI is InChI=1S/C24H21F2N5O/c25-16-2-5-19(26)18(12-16)22(32)15-7-9-31(10-8-15)24-23(28-17-3-4-17)29-20-6-1-14(13-27)11-21(20)30-24/h1-2,5-6,11-12,15,17H,3-4,7-10H2,(H,28,29). The number of fused-ring (bicyclic) bond motifs is 1. The van der Waals surface area contributed by atoms with Gasteiger partial charge in [0.1, 0.15) is 11.6 Å². The second-order valence-corrected chi connectivity index (χ2v) is 8.38. The van der Waals surface area contributed by atoms with Crippen LogP contribution in [0.15, 0.2) is 36.4 Å². The zero-order valence-electron chi connectivity index (χ0n) is 17.3. The SMILES string of the molecule is N#Cc1ccc2nc(NC3CC3)c(N3CCC(C(=O)c4cc(F)ccc4F)CC3)nc2c1. The summed E-state index contributed by atoms with van der Waals surface area (Å²) < 4.78 is 27.6. The Labute approximate surface area is 183 Å². The molecular formula is C24H21F2N5O. The molecule has 0 atom stereocenters. The van der Waals surface area contributed by atoms with Crippen molar-refractivity contribution in [1.29, 1.82) is 5.26 Å². The molecule has 1 saturated carbocycles. The number of ketones is 1. The number of rotatable bonds is 5. The number of nitrogens with zero attached hydrogens (tertiary/aromatic N) is 4. The molecule has 1 aliphatic carbocycles. The molecule has 8 heteroatoms. The normalized spacial score (nSPS) is 16.7. The lowest BCUT2D eigenvalue weighted by Crippen LogP contribution is -2.37. The van der Waals surface area contributed by atoms with Crippen LogP contribution in [0.25, 0.3) is 11.0 Å². The molecule has 2 aromatic carbocycles. The molecule has 162 valence electrons. The van der Waals surface area contributed by atoms with Crippen molar-refractivity contribution in [2.75, 3.05) is 23.3 Å². The Kier molecular flexibility index (Phi) is 5.17. The van der Waals surface area contributed by atoms with Gasteiger partial charge in [0.15, 0.2) is 17.4 Å². The Morgan fingerprint density at radius 1 is 1.03 bits per heavy atom. The highest BCUT2D eigenvalue weighted by Gasteiger charge is 2.31. The number of carbonyl (C=O) groups is 1. The number of carbonyl (C=O) groups excluding carboxylic acids is 1. The molecule has 2 aliphatic rings. The Morgan fingerprint density at radius 2 is 1.81 bits per heavy atom. The summed E-state index contributed by atoms with van der Waals surface area (Å²) in [4.78, 5) is 24.4. The van der Waals surface area contributed by atoms with Crippen molar-refractivity contribution in [2.24, 2.45) is 5.92 Å². The molecular weight excluding hydrogens is 412 g/mol. The molecule has 32 heavy (non-hydrogen) atoms. The third kappa shape index (κ3) is 3.98. The number of hydrogen-bond acceptors (Lipinski definition) is 6. The summed E-state index contributed by atoms with van der Waals surface area (Å²) in [6.45, 7) is 1.09. The van der Waals surface area contributed by atoms with Gasteiger partial charge in [-0.05, 0) is 62.1 Å². The quantitative estimate of drug-likeness (QED) is 0.599. The van der Waals surface area contributed by atoms with Crippen LogP contribution in [0.5, 0.6) is 0 Å². The van der Waals surface area contributed by atoms with Crippen LogP contribution in [-0.2, 0) is 0 Å². The van der Waals surface area contributed by atoms with Gasteiger partial charge in [0, 0.05) is 25.0 Å². The zero-order chi connectivity index (χ0) is 22.2. The minimum absolute atomic E-state index is 0.186. The molecule has 0 bridgehead atoms. The summed E-state index contributed by atoms with van der Waals surface area (Å²) >= 11 is 0. The maximum Gasteiger partial charge on any atom is 0.172 e. The lowest BCUT2D eigenvalue weighted by molar-refractivity contribution is 0.0895. The lowest BCUT2D eigenvalue weighted by Gasteiger charge is -2.33. The predicted molar refractivity (Wildman–Crippen MR) is 117 cm³/mol. The number of aromatic nitrogens is 2. The van der Waals surface area contributed by atoms with E-state index in [4.69, 9.17) is 9.97 Å². The topological polar surface area (TPSA) is 81.9 Å². The Balaban J connectivity index is 1.39. The molecule has 2 heterocycles. The molecule has 3 aromatic rings. The molecule has 6 nitrogen and oxygen atoms in total. The number of nitriles is 1. The maximum absolute atomic E-state index is 14.1. The van der Waals surface area contributed by atoms with E-state index in [1.807, 2.05) is 0 Å². The van der Waals surface area contributed by atoms with Crippen LogP contribution in [0, 0.1) is 28.9 Å². The monoisotopic (exact) mass is 433 g/mol. The number of nitrogens with one attached hydrogen (secondary N) is 1. The van der Waals surface area contributed by atoms with Crippen LogP contribution in [0.2, 0.25) is 0 Å². The van der Waals surface area contributed by atoms with E-state index in [2.05, 4.69) is 16.3 Å². The summed E-state index contributed by atoms with van der Waals surface area (Å²) in [5, 5.41) is 12.6. The summed E-state index contributed by atoms with van der Waals surface area (Å²) in [5.41, 5.74) is 1.68. The lowest BCUT2D eigenvalue weighted by atomic mass is 9.88. The summed E-state index contributed by atoms with van der Waals surface area (Å²) in [7, 11) is 0. The van der Waals surface area contributed by atoms with E-state index in [0.29, 0.717) is 60.2 Å². The Morgan fingerprint density at radius 3 is 2.53 bits per heavy atom. The second-order valence-electron chi connectivity index (χ2n) is 8.38. The van der Waals surface area contributed by atoms with Crippen LogP contribution in [0.1, 0.15) is 41.6 Å². The number of anilines is 2. The molecule has 5 rings (SSSR count). The molecule has 1 aliphatic heterocycles. The molecule has 0 radical (unpaired) electrons. The van der Waals surface area contributed by atoms with Crippen LogP contribution in [0.3, 0.4) is 0 Å². The fourth-order valence-corrected chi connectivity index (χ4v) is 4.11. The van der Waals surface area contributed by atoms with Crippen molar-refractivity contribution in [3.63, 3.8) is 0 Å². The molecule has 2 fully saturated rings. The Bertz CT molecular complexity index is 1240. The number of halogens is 2. The smallest absolute Gasteiger partial charge is 0.172 e. The number of hydrogen-bond donors (Lipinski definition) is 1. The summed E-state index contributed by atoms with van der Waals surface area (Å²) in [5.74, 6) is -0.648. The van der Waals surface area contributed by atoms with E-state index in [0.717, 1.165) is 31.0 Å². The van der Waals surface area contributed by atoms with Crippen molar-refractivity contribution in [3.8, 4) is 6.07 Å². The van der Waals surface area contributed by atoms with E-state index >= 15 is 0 Å². The molecule has 1 N–H and O–H groups in total. The van der Waals surface area contributed by atoms with E-state index < -0.39 is 11.6 Å². The van der Waals surface area contributed by atoms with Crippen molar-refractivity contribution in [2.45, 2.75) is 31.7 Å².